The standard InChI is InChI=1S/C21H27N3O3/c1-27-15-20(25)24-9-3-6-19(14-24)21(26)23-10-7-17(8-11-23)18-5-2-4-16(12-18)13-22/h2,4-5,12,17,19H,3,6-11,14-15H2,1H3. The van der Waals surface area contributed by atoms with Gasteiger partial charge in [-0.15, -0.1) is 0 Å². The van der Waals surface area contributed by atoms with Gasteiger partial charge in [0, 0.05) is 33.3 Å². The van der Waals surface area contributed by atoms with Crippen LogP contribution in [-0.2, 0) is 14.3 Å². The van der Waals surface area contributed by atoms with Crippen molar-refractivity contribution in [3.63, 3.8) is 0 Å². The van der Waals surface area contributed by atoms with Crippen LogP contribution in [0.5, 0.6) is 0 Å². The van der Waals surface area contributed by atoms with Crippen LogP contribution in [0, 0.1) is 17.2 Å². The number of rotatable bonds is 4. The number of piperidine rings is 2. The number of carbonyl (C=O) groups is 2. The number of benzene rings is 1. The smallest absolute Gasteiger partial charge is 0.248 e. The zero-order valence-corrected chi connectivity index (χ0v) is 15.9. The van der Waals surface area contributed by atoms with Crippen molar-refractivity contribution in [2.75, 3.05) is 39.9 Å². The third-order valence-electron chi connectivity index (χ3n) is 5.68. The number of ether oxygens (including phenoxy) is 1. The van der Waals surface area contributed by atoms with Gasteiger partial charge in [-0.2, -0.15) is 5.26 Å². The number of methoxy groups -OCH3 is 1. The maximum absolute atomic E-state index is 12.9. The highest BCUT2D eigenvalue weighted by molar-refractivity contribution is 5.82. The molecule has 144 valence electrons. The fraction of sp³-hybridized carbons (Fsp3) is 0.571. The summed E-state index contributed by atoms with van der Waals surface area (Å²) in [7, 11) is 1.51. The molecular weight excluding hydrogens is 342 g/mol. The molecule has 27 heavy (non-hydrogen) atoms. The predicted molar refractivity (Wildman–Crippen MR) is 101 cm³/mol. The Morgan fingerprint density at radius 2 is 1.96 bits per heavy atom. The lowest BCUT2D eigenvalue weighted by atomic mass is 9.87. The first-order chi connectivity index (χ1) is 13.1. The maximum Gasteiger partial charge on any atom is 0.248 e. The zero-order chi connectivity index (χ0) is 19.2. The van der Waals surface area contributed by atoms with Gasteiger partial charge in [0.1, 0.15) is 6.61 Å². The summed E-state index contributed by atoms with van der Waals surface area (Å²) in [5.41, 5.74) is 1.88. The van der Waals surface area contributed by atoms with E-state index in [1.807, 2.05) is 23.1 Å². The zero-order valence-electron chi connectivity index (χ0n) is 15.9. The van der Waals surface area contributed by atoms with E-state index in [0.29, 0.717) is 24.6 Å². The van der Waals surface area contributed by atoms with Crippen LogP contribution < -0.4 is 0 Å². The minimum absolute atomic E-state index is 0.0360. The Kier molecular flexibility index (Phi) is 6.46. The number of carbonyl (C=O) groups excluding carboxylic acids is 2. The quantitative estimate of drug-likeness (QED) is 0.815. The van der Waals surface area contributed by atoms with Gasteiger partial charge in [0.15, 0.2) is 0 Å². The molecule has 0 saturated carbocycles. The number of hydrogen-bond acceptors (Lipinski definition) is 4. The number of nitrogens with zero attached hydrogens (tertiary/aromatic N) is 3. The van der Waals surface area contributed by atoms with Crippen LogP contribution in [0.15, 0.2) is 24.3 Å². The molecule has 0 aromatic heterocycles. The molecule has 2 aliphatic heterocycles. The molecule has 3 rings (SSSR count). The summed E-state index contributed by atoms with van der Waals surface area (Å²) >= 11 is 0. The lowest BCUT2D eigenvalue weighted by molar-refractivity contribution is -0.143. The third-order valence-corrected chi connectivity index (χ3v) is 5.68. The van der Waals surface area contributed by atoms with Crippen molar-refractivity contribution < 1.29 is 14.3 Å². The maximum atomic E-state index is 12.9. The van der Waals surface area contributed by atoms with Crippen LogP contribution in [0.2, 0.25) is 0 Å². The summed E-state index contributed by atoms with van der Waals surface area (Å²) in [5.74, 6) is 0.437. The molecule has 0 spiro atoms. The summed E-state index contributed by atoms with van der Waals surface area (Å²) in [4.78, 5) is 28.7. The average Bonchev–Trinajstić information content (AvgIpc) is 2.73. The first-order valence-electron chi connectivity index (χ1n) is 9.68. The fourth-order valence-corrected chi connectivity index (χ4v) is 4.17. The van der Waals surface area contributed by atoms with E-state index in [0.717, 1.165) is 38.8 Å². The molecule has 1 atom stereocenters. The topological polar surface area (TPSA) is 73.6 Å². The Labute approximate surface area is 160 Å². The molecular formula is C21H27N3O3. The second kappa shape index (κ2) is 9.01. The Morgan fingerprint density at radius 1 is 1.19 bits per heavy atom. The molecule has 1 aromatic carbocycles. The molecule has 0 radical (unpaired) electrons. The highest BCUT2D eigenvalue weighted by Crippen LogP contribution is 2.30. The number of nitriles is 1. The van der Waals surface area contributed by atoms with Crippen LogP contribution in [0.4, 0.5) is 0 Å². The molecule has 6 heteroatoms. The van der Waals surface area contributed by atoms with Gasteiger partial charge in [-0.1, -0.05) is 12.1 Å². The van der Waals surface area contributed by atoms with Crippen molar-refractivity contribution >= 4 is 11.8 Å². The van der Waals surface area contributed by atoms with Crippen molar-refractivity contribution in [3.05, 3.63) is 35.4 Å². The molecule has 2 fully saturated rings. The van der Waals surface area contributed by atoms with Gasteiger partial charge in [-0.25, -0.2) is 0 Å². The second-order valence-electron chi connectivity index (χ2n) is 7.45. The molecule has 2 heterocycles. The summed E-state index contributed by atoms with van der Waals surface area (Å²) in [6.45, 7) is 2.77. The molecule has 2 saturated heterocycles. The largest absolute Gasteiger partial charge is 0.375 e. The molecule has 0 bridgehead atoms. The lowest BCUT2D eigenvalue weighted by Crippen LogP contribution is -2.49. The van der Waals surface area contributed by atoms with E-state index >= 15 is 0 Å². The minimum atomic E-state index is -0.0991. The molecule has 1 unspecified atom stereocenters. The Balaban J connectivity index is 1.55. The summed E-state index contributed by atoms with van der Waals surface area (Å²) < 4.78 is 4.93. The van der Waals surface area contributed by atoms with Crippen LogP contribution in [-0.4, -0.2) is 61.5 Å². The molecule has 2 aliphatic rings. The van der Waals surface area contributed by atoms with Gasteiger partial charge in [-0.05, 0) is 49.3 Å². The molecule has 0 aliphatic carbocycles. The van der Waals surface area contributed by atoms with Crippen LogP contribution in [0.1, 0.15) is 42.7 Å². The minimum Gasteiger partial charge on any atom is -0.375 e. The van der Waals surface area contributed by atoms with Crippen molar-refractivity contribution in [2.24, 2.45) is 5.92 Å². The SMILES string of the molecule is COCC(=O)N1CCCC(C(=O)N2CCC(c3cccc(C#N)c3)CC2)C1. The fourth-order valence-electron chi connectivity index (χ4n) is 4.17. The van der Waals surface area contributed by atoms with Gasteiger partial charge >= 0.3 is 0 Å². The van der Waals surface area contributed by atoms with Gasteiger partial charge in [-0.3, -0.25) is 9.59 Å². The van der Waals surface area contributed by atoms with E-state index in [9.17, 15) is 9.59 Å². The second-order valence-corrected chi connectivity index (χ2v) is 7.45. The van der Waals surface area contributed by atoms with Gasteiger partial charge < -0.3 is 14.5 Å². The van der Waals surface area contributed by atoms with E-state index in [1.165, 1.54) is 12.7 Å². The van der Waals surface area contributed by atoms with E-state index in [4.69, 9.17) is 10.00 Å². The Hall–Kier alpha value is -2.39. The molecule has 6 nitrogen and oxygen atoms in total. The van der Waals surface area contributed by atoms with Crippen molar-refractivity contribution in [1.29, 1.82) is 5.26 Å². The van der Waals surface area contributed by atoms with Gasteiger partial charge in [0.05, 0.1) is 17.6 Å². The van der Waals surface area contributed by atoms with E-state index in [1.54, 1.807) is 4.90 Å². The molecule has 2 amide bonds. The van der Waals surface area contributed by atoms with Crippen LogP contribution in [0.3, 0.4) is 0 Å². The van der Waals surface area contributed by atoms with E-state index in [2.05, 4.69) is 12.1 Å². The normalized spacial score (nSPS) is 21.0. The summed E-state index contributed by atoms with van der Waals surface area (Å²) in [6.07, 6.45) is 3.54. The van der Waals surface area contributed by atoms with E-state index < -0.39 is 0 Å². The highest BCUT2D eigenvalue weighted by Gasteiger charge is 2.33. The predicted octanol–water partition coefficient (Wildman–Crippen LogP) is 2.15. The van der Waals surface area contributed by atoms with Crippen LogP contribution in [0.25, 0.3) is 0 Å². The Morgan fingerprint density at radius 3 is 2.67 bits per heavy atom. The van der Waals surface area contributed by atoms with Crippen LogP contribution >= 0.6 is 0 Å². The first kappa shape index (κ1) is 19.4. The lowest BCUT2D eigenvalue weighted by Gasteiger charge is -2.38. The van der Waals surface area contributed by atoms with Crippen molar-refractivity contribution in [3.8, 4) is 6.07 Å². The number of amides is 2. The van der Waals surface area contributed by atoms with Crippen molar-refractivity contribution in [2.45, 2.75) is 31.6 Å². The van der Waals surface area contributed by atoms with Gasteiger partial charge in [0.25, 0.3) is 0 Å². The number of hydrogen-bond donors (Lipinski definition) is 0. The van der Waals surface area contributed by atoms with E-state index in [-0.39, 0.29) is 24.3 Å². The number of likely N-dealkylation sites (tertiary alicyclic amines) is 2. The average molecular weight is 369 g/mol. The third kappa shape index (κ3) is 4.67. The van der Waals surface area contributed by atoms with Gasteiger partial charge in [0.2, 0.25) is 11.8 Å². The first-order valence-corrected chi connectivity index (χ1v) is 9.68. The van der Waals surface area contributed by atoms with Crippen molar-refractivity contribution in [1.82, 2.24) is 9.80 Å². The summed E-state index contributed by atoms with van der Waals surface area (Å²) in [6, 6.07) is 9.98. The Bertz CT molecular complexity index is 720. The highest BCUT2D eigenvalue weighted by atomic mass is 16.5. The summed E-state index contributed by atoms with van der Waals surface area (Å²) in [5, 5.41) is 9.07. The monoisotopic (exact) mass is 369 g/mol. The molecule has 1 aromatic rings. The molecule has 0 N–H and O–H groups in total.